The third-order valence-electron chi connectivity index (χ3n) is 1.55. The summed E-state index contributed by atoms with van der Waals surface area (Å²) < 4.78 is 35.7. The van der Waals surface area contributed by atoms with E-state index in [0.29, 0.717) is 5.69 Å². The molecule has 0 amide bonds. The Kier molecular flexibility index (Phi) is 3.35. The maximum Gasteiger partial charge on any atom is 0.544 e. The molecule has 0 saturated carbocycles. The molecule has 0 unspecified atom stereocenters. The van der Waals surface area contributed by atoms with Crippen molar-refractivity contribution in [2.45, 2.75) is 13.3 Å². The van der Waals surface area contributed by atoms with E-state index in [0.717, 1.165) is 5.06 Å². The van der Waals surface area contributed by atoms with E-state index >= 15 is 0 Å². The quantitative estimate of drug-likeness (QED) is 0.703. The molecule has 0 fully saturated rings. The van der Waals surface area contributed by atoms with Gasteiger partial charge in [-0.15, -0.1) is 13.2 Å². The van der Waals surface area contributed by atoms with Crippen LogP contribution in [0.4, 0.5) is 18.9 Å². The Bertz CT molecular complexity index is 273. The fourth-order valence-electron chi connectivity index (χ4n) is 1.02. The molecule has 0 aliphatic heterocycles. The Morgan fingerprint density at radius 1 is 1.21 bits per heavy atom. The largest absolute Gasteiger partial charge is 0.544 e. The van der Waals surface area contributed by atoms with Crippen LogP contribution in [-0.2, 0) is 4.84 Å². The number of rotatable bonds is 3. The van der Waals surface area contributed by atoms with Crippen molar-refractivity contribution in [3.05, 3.63) is 30.3 Å². The lowest BCUT2D eigenvalue weighted by Gasteiger charge is -2.22. The number of anilines is 1. The van der Waals surface area contributed by atoms with Crippen molar-refractivity contribution < 1.29 is 18.0 Å². The molecule has 1 aromatic carbocycles. The number of para-hydroxylation sites is 1. The second-order valence-electron chi connectivity index (χ2n) is 2.57. The predicted octanol–water partition coefficient (Wildman–Crippen LogP) is 2.96. The minimum atomic E-state index is -4.65. The summed E-state index contributed by atoms with van der Waals surface area (Å²) in [6.07, 6.45) is -4.65. The third kappa shape index (κ3) is 3.26. The first-order valence-electron chi connectivity index (χ1n) is 4.11. The highest BCUT2D eigenvalue weighted by Gasteiger charge is 2.33. The zero-order valence-corrected chi connectivity index (χ0v) is 7.58. The first-order chi connectivity index (χ1) is 6.53. The molecule has 0 heterocycles. The first-order valence-corrected chi connectivity index (χ1v) is 4.11. The Hall–Kier alpha value is -1.23. The van der Waals surface area contributed by atoms with Crippen molar-refractivity contribution in [2.75, 3.05) is 11.6 Å². The summed E-state index contributed by atoms with van der Waals surface area (Å²) in [7, 11) is 0. The second-order valence-corrected chi connectivity index (χ2v) is 2.57. The number of hydroxylamine groups is 1. The molecule has 1 rings (SSSR count). The summed E-state index contributed by atoms with van der Waals surface area (Å²) in [4.78, 5) is 3.81. The molecule has 78 valence electrons. The summed E-state index contributed by atoms with van der Waals surface area (Å²) in [6, 6.07) is 8.13. The van der Waals surface area contributed by atoms with Gasteiger partial charge in [0, 0.05) is 6.54 Å². The highest BCUT2D eigenvalue weighted by Crippen LogP contribution is 2.22. The summed E-state index contributed by atoms with van der Waals surface area (Å²) in [5, 5.41) is 0.792. The predicted molar refractivity (Wildman–Crippen MR) is 46.6 cm³/mol. The van der Waals surface area contributed by atoms with E-state index in [9.17, 15) is 13.2 Å². The Labute approximate surface area is 79.9 Å². The summed E-state index contributed by atoms with van der Waals surface area (Å²) in [5.74, 6) is 0. The maximum atomic E-state index is 11.9. The van der Waals surface area contributed by atoms with Gasteiger partial charge in [-0.2, -0.15) is 4.84 Å². The van der Waals surface area contributed by atoms with E-state index in [2.05, 4.69) is 4.84 Å². The average Bonchev–Trinajstić information content (AvgIpc) is 2.14. The van der Waals surface area contributed by atoms with Crippen molar-refractivity contribution in [1.29, 1.82) is 0 Å². The SMILES string of the molecule is CCN(OC(F)(F)F)c1ccccc1. The monoisotopic (exact) mass is 205 g/mol. The highest BCUT2D eigenvalue weighted by atomic mass is 19.4. The van der Waals surface area contributed by atoms with Crippen LogP contribution in [0.2, 0.25) is 0 Å². The van der Waals surface area contributed by atoms with Gasteiger partial charge in [-0.3, -0.25) is 0 Å². The Morgan fingerprint density at radius 2 is 1.79 bits per heavy atom. The van der Waals surface area contributed by atoms with Gasteiger partial charge in [0.05, 0.1) is 5.69 Å². The minimum Gasteiger partial charge on any atom is -0.246 e. The highest BCUT2D eigenvalue weighted by molar-refractivity contribution is 5.43. The number of benzene rings is 1. The fourth-order valence-corrected chi connectivity index (χ4v) is 1.02. The van der Waals surface area contributed by atoms with Crippen molar-refractivity contribution in [1.82, 2.24) is 0 Å². The second kappa shape index (κ2) is 4.32. The van der Waals surface area contributed by atoms with Crippen LogP contribution < -0.4 is 5.06 Å². The van der Waals surface area contributed by atoms with Crippen LogP contribution in [0.15, 0.2) is 30.3 Å². The molecule has 14 heavy (non-hydrogen) atoms. The van der Waals surface area contributed by atoms with Crippen LogP contribution >= 0.6 is 0 Å². The van der Waals surface area contributed by atoms with Gasteiger partial charge >= 0.3 is 6.36 Å². The first kappa shape index (κ1) is 10.8. The van der Waals surface area contributed by atoms with Crippen LogP contribution in [-0.4, -0.2) is 12.9 Å². The molecular formula is C9H10F3NO. The van der Waals surface area contributed by atoms with Crippen molar-refractivity contribution >= 4 is 5.69 Å². The van der Waals surface area contributed by atoms with Crippen molar-refractivity contribution in [3.63, 3.8) is 0 Å². The van der Waals surface area contributed by atoms with Gasteiger partial charge in [0.25, 0.3) is 0 Å². The zero-order valence-electron chi connectivity index (χ0n) is 7.58. The molecule has 0 spiro atoms. The van der Waals surface area contributed by atoms with Crippen LogP contribution in [0.3, 0.4) is 0 Å². The molecule has 0 aromatic heterocycles. The number of hydrogen-bond acceptors (Lipinski definition) is 2. The molecule has 0 saturated heterocycles. The van der Waals surface area contributed by atoms with E-state index < -0.39 is 6.36 Å². The van der Waals surface area contributed by atoms with E-state index in [1.54, 1.807) is 37.3 Å². The molecule has 0 N–H and O–H groups in total. The standard InChI is InChI=1S/C9H10F3NO/c1-2-13(14-9(10,11)12)8-6-4-3-5-7-8/h3-7H,2H2,1H3. The summed E-state index contributed by atoms with van der Waals surface area (Å²) in [5.41, 5.74) is 0.382. The van der Waals surface area contributed by atoms with Crippen LogP contribution in [0.25, 0.3) is 0 Å². The number of hydrogen-bond donors (Lipinski definition) is 0. The topological polar surface area (TPSA) is 12.5 Å². The lowest BCUT2D eigenvalue weighted by molar-refractivity contribution is -0.330. The van der Waals surface area contributed by atoms with E-state index in [-0.39, 0.29) is 6.54 Å². The molecule has 0 radical (unpaired) electrons. The summed E-state index contributed by atoms with van der Waals surface area (Å²) in [6.45, 7) is 1.71. The molecule has 0 aliphatic rings. The van der Waals surface area contributed by atoms with Gasteiger partial charge in [0.2, 0.25) is 0 Å². The van der Waals surface area contributed by atoms with Gasteiger partial charge in [0.1, 0.15) is 0 Å². The van der Waals surface area contributed by atoms with Crippen molar-refractivity contribution in [3.8, 4) is 0 Å². The van der Waals surface area contributed by atoms with Crippen LogP contribution in [0, 0.1) is 0 Å². The lowest BCUT2D eigenvalue weighted by atomic mass is 10.3. The van der Waals surface area contributed by atoms with Gasteiger partial charge in [-0.25, -0.2) is 5.06 Å². The molecular weight excluding hydrogens is 195 g/mol. The Morgan fingerprint density at radius 3 is 2.21 bits per heavy atom. The van der Waals surface area contributed by atoms with Gasteiger partial charge in [0.15, 0.2) is 0 Å². The summed E-state index contributed by atoms with van der Waals surface area (Å²) >= 11 is 0. The molecule has 0 bridgehead atoms. The third-order valence-corrected chi connectivity index (χ3v) is 1.55. The van der Waals surface area contributed by atoms with Gasteiger partial charge in [-0.1, -0.05) is 18.2 Å². The molecule has 0 atom stereocenters. The Balaban J connectivity index is 2.73. The normalized spacial score (nSPS) is 11.4. The molecule has 5 heteroatoms. The molecule has 2 nitrogen and oxygen atoms in total. The molecule has 0 aliphatic carbocycles. The number of alkyl halides is 3. The van der Waals surface area contributed by atoms with Crippen molar-refractivity contribution in [2.24, 2.45) is 0 Å². The number of nitrogens with zero attached hydrogens (tertiary/aromatic N) is 1. The maximum absolute atomic E-state index is 11.9. The zero-order chi connectivity index (χ0) is 10.6. The van der Waals surface area contributed by atoms with E-state index in [4.69, 9.17) is 0 Å². The van der Waals surface area contributed by atoms with E-state index in [1.807, 2.05) is 0 Å². The molecule has 1 aromatic rings. The number of halogens is 3. The van der Waals surface area contributed by atoms with E-state index in [1.165, 1.54) is 0 Å². The average molecular weight is 205 g/mol. The lowest BCUT2D eigenvalue weighted by Crippen LogP contribution is -2.31. The van der Waals surface area contributed by atoms with Crippen LogP contribution in [0.1, 0.15) is 6.92 Å². The van der Waals surface area contributed by atoms with Gasteiger partial charge < -0.3 is 0 Å². The fraction of sp³-hybridized carbons (Fsp3) is 0.333. The smallest absolute Gasteiger partial charge is 0.246 e. The van der Waals surface area contributed by atoms with Gasteiger partial charge in [-0.05, 0) is 19.1 Å². The minimum absolute atomic E-state index is 0.128. The van der Waals surface area contributed by atoms with Crippen LogP contribution in [0.5, 0.6) is 0 Å².